The van der Waals surface area contributed by atoms with Crippen LogP contribution in [0.2, 0.25) is 0 Å². The number of benzene rings is 2. The van der Waals surface area contributed by atoms with Crippen molar-refractivity contribution in [3.8, 4) is 22.8 Å². The number of aliphatic hydroxyl groups excluding tert-OH is 1. The fourth-order valence-corrected chi connectivity index (χ4v) is 2.88. The Morgan fingerprint density at radius 3 is 2.48 bits per heavy atom. The maximum atomic E-state index is 12.3. The number of rotatable bonds is 8. The van der Waals surface area contributed by atoms with Crippen LogP contribution >= 0.6 is 0 Å². The van der Waals surface area contributed by atoms with E-state index in [9.17, 15) is 9.90 Å². The standard InChI is InChI=1S/C23H25NO5/c1-15(2)16-4-7-18(8-5-16)28-14-23(26)24-17-6-10-21(27-3)20(12-17)22-11-9-19(13-25)29-22/h4-12,15,25H,13-14H2,1-3H3,(H,24,26). The molecule has 1 aromatic heterocycles. The van der Waals surface area contributed by atoms with Crippen molar-refractivity contribution in [1.82, 2.24) is 0 Å². The van der Waals surface area contributed by atoms with Crippen molar-refractivity contribution in [2.75, 3.05) is 19.0 Å². The summed E-state index contributed by atoms with van der Waals surface area (Å²) < 4.78 is 16.5. The number of carbonyl (C=O) groups is 1. The van der Waals surface area contributed by atoms with Crippen LogP contribution in [0.3, 0.4) is 0 Å². The second-order valence-electron chi connectivity index (χ2n) is 6.90. The summed E-state index contributed by atoms with van der Waals surface area (Å²) in [5.74, 6) is 2.41. The lowest BCUT2D eigenvalue weighted by atomic mass is 10.0. The van der Waals surface area contributed by atoms with Crippen LogP contribution in [0.5, 0.6) is 11.5 Å². The monoisotopic (exact) mass is 395 g/mol. The normalized spacial score (nSPS) is 10.8. The highest BCUT2D eigenvalue weighted by Crippen LogP contribution is 2.33. The van der Waals surface area contributed by atoms with Gasteiger partial charge in [0, 0.05) is 5.69 Å². The molecule has 6 nitrogen and oxygen atoms in total. The molecule has 0 aliphatic heterocycles. The lowest BCUT2D eigenvalue weighted by molar-refractivity contribution is -0.118. The van der Waals surface area contributed by atoms with E-state index in [2.05, 4.69) is 19.2 Å². The number of amides is 1. The Morgan fingerprint density at radius 1 is 1.10 bits per heavy atom. The van der Waals surface area contributed by atoms with Crippen LogP contribution < -0.4 is 14.8 Å². The molecule has 0 fully saturated rings. The zero-order valence-electron chi connectivity index (χ0n) is 16.8. The predicted octanol–water partition coefficient (Wildman–Crippen LogP) is 4.59. The first kappa shape index (κ1) is 20.5. The van der Waals surface area contributed by atoms with Crippen molar-refractivity contribution in [1.29, 1.82) is 0 Å². The average Bonchev–Trinajstić information content (AvgIpc) is 3.21. The third-order valence-corrected chi connectivity index (χ3v) is 4.48. The van der Waals surface area contributed by atoms with Crippen LogP contribution in [0.25, 0.3) is 11.3 Å². The Balaban J connectivity index is 1.66. The van der Waals surface area contributed by atoms with Crippen molar-refractivity contribution in [2.24, 2.45) is 0 Å². The molecule has 6 heteroatoms. The van der Waals surface area contributed by atoms with E-state index in [-0.39, 0.29) is 19.1 Å². The van der Waals surface area contributed by atoms with Gasteiger partial charge in [-0.2, -0.15) is 0 Å². The van der Waals surface area contributed by atoms with Gasteiger partial charge in [-0.25, -0.2) is 0 Å². The van der Waals surface area contributed by atoms with Crippen molar-refractivity contribution < 1.29 is 23.8 Å². The summed E-state index contributed by atoms with van der Waals surface area (Å²) in [6.07, 6.45) is 0. The molecule has 152 valence electrons. The average molecular weight is 395 g/mol. The minimum atomic E-state index is -0.274. The minimum Gasteiger partial charge on any atom is -0.496 e. The smallest absolute Gasteiger partial charge is 0.262 e. The van der Waals surface area contributed by atoms with Gasteiger partial charge in [-0.3, -0.25) is 4.79 Å². The number of methoxy groups -OCH3 is 1. The van der Waals surface area contributed by atoms with Gasteiger partial charge in [-0.1, -0.05) is 26.0 Å². The van der Waals surface area contributed by atoms with Crippen molar-refractivity contribution in [3.05, 3.63) is 65.9 Å². The molecule has 0 saturated carbocycles. The molecule has 0 aliphatic rings. The zero-order chi connectivity index (χ0) is 20.8. The number of hydrogen-bond donors (Lipinski definition) is 2. The van der Waals surface area contributed by atoms with Crippen LogP contribution in [0.4, 0.5) is 5.69 Å². The number of nitrogens with one attached hydrogen (secondary N) is 1. The highest BCUT2D eigenvalue weighted by Gasteiger charge is 2.13. The molecular formula is C23H25NO5. The van der Waals surface area contributed by atoms with Gasteiger partial charge in [0.05, 0.1) is 12.7 Å². The van der Waals surface area contributed by atoms with Crippen molar-refractivity contribution in [3.63, 3.8) is 0 Å². The number of aliphatic hydroxyl groups is 1. The highest BCUT2D eigenvalue weighted by atomic mass is 16.5. The summed E-state index contributed by atoms with van der Waals surface area (Å²) in [6, 6.07) is 16.4. The Morgan fingerprint density at radius 2 is 1.86 bits per heavy atom. The van der Waals surface area contributed by atoms with Crippen LogP contribution in [-0.2, 0) is 11.4 Å². The van der Waals surface area contributed by atoms with Crippen LogP contribution in [0.1, 0.15) is 31.1 Å². The molecule has 0 spiro atoms. The summed E-state index contributed by atoms with van der Waals surface area (Å²) in [5, 5.41) is 12.0. The molecule has 2 aromatic carbocycles. The SMILES string of the molecule is COc1ccc(NC(=O)COc2ccc(C(C)C)cc2)cc1-c1ccc(CO)o1. The van der Waals surface area contributed by atoms with E-state index in [0.717, 1.165) is 0 Å². The predicted molar refractivity (Wildman–Crippen MR) is 111 cm³/mol. The van der Waals surface area contributed by atoms with Crippen LogP contribution in [0.15, 0.2) is 59.0 Å². The first-order chi connectivity index (χ1) is 14.0. The summed E-state index contributed by atoms with van der Waals surface area (Å²) >= 11 is 0. The Labute approximate surface area is 170 Å². The van der Waals surface area contributed by atoms with E-state index in [4.69, 9.17) is 13.9 Å². The zero-order valence-corrected chi connectivity index (χ0v) is 16.8. The second kappa shape index (κ2) is 9.30. The first-order valence-corrected chi connectivity index (χ1v) is 9.40. The van der Waals surface area contributed by atoms with Gasteiger partial charge in [-0.15, -0.1) is 0 Å². The lowest BCUT2D eigenvalue weighted by Crippen LogP contribution is -2.20. The van der Waals surface area contributed by atoms with Gasteiger partial charge in [0.15, 0.2) is 6.61 Å². The van der Waals surface area contributed by atoms with Gasteiger partial charge in [0.25, 0.3) is 5.91 Å². The third kappa shape index (κ3) is 5.18. The van der Waals surface area contributed by atoms with Crippen molar-refractivity contribution >= 4 is 11.6 Å². The molecule has 1 amide bonds. The summed E-state index contributed by atoms with van der Waals surface area (Å²) in [7, 11) is 1.56. The Bertz CT molecular complexity index is 960. The molecule has 0 saturated heterocycles. The highest BCUT2D eigenvalue weighted by molar-refractivity contribution is 5.92. The second-order valence-corrected chi connectivity index (χ2v) is 6.90. The van der Waals surface area contributed by atoms with Gasteiger partial charge >= 0.3 is 0 Å². The first-order valence-electron chi connectivity index (χ1n) is 9.40. The summed E-state index contributed by atoms with van der Waals surface area (Å²) in [4.78, 5) is 12.3. The molecule has 0 aliphatic carbocycles. The maximum Gasteiger partial charge on any atom is 0.262 e. The molecule has 0 unspecified atom stereocenters. The van der Waals surface area contributed by atoms with Crippen LogP contribution in [0, 0.1) is 0 Å². The minimum absolute atomic E-state index is 0.0994. The molecule has 3 rings (SSSR count). The van der Waals surface area contributed by atoms with Crippen LogP contribution in [-0.4, -0.2) is 24.7 Å². The summed E-state index contributed by atoms with van der Waals surface area (Å²) in [6.45, 7) is 3.96. The van der Waals surface area contributed by atoms with E-state index in [1.54, 1.807) is 37.4 Å². The maximum absolute atomic E-state index is 12.3. The molecule has 2 N–H and O–H groups in total. The molecule has 3 aromatic rings. The number of carbonyl (C=O) groups excluding carboxylic acids is 1. The van der Waals surface area contributed by atoms with E-state index in [1.165, 1.54) is 5.56 Å². The molecular weight excluding hydrogens is 370 g/mol. The number of furan rings is 1. The Kier molecular flexibility index (Phi) is 6.57. The molecule has 1 heterocycles. The van der Waals surface area contributed by atoms with E-state index >= 15 is 0 Å². The third-order valence-electron chi connectivity index (χ3n) is 4.48. The molecule has 0 bridgehead atoms. The molecule has 29 heavy (non-hydrogen) atoms. The fourth-order valence-electron chi connectivity index (χ4n) is 2.88. The van der Waals surface area contributed by atoms with Crippen molar-refractivity contribution in [2.45, 2.75) is 26.4 Å². The topological polar surface area (TPSA) is 80.9 Å². The quantitative estimate of drug-likeness (QED) is 0.583. The van der Waals surface area contributed by atoms with Gasteiger partial charge in [0.2, 0.25) is 0 Å². The number of ether oxygens (including phenoxy) is 2. The largest absolute Gasteiger partial charge is 0.496 e. The molecule has 0 atom stereocenters. The van der Waals surface area contributed by atoms with E-state index in [1.807, 2.05) is 24.3 Å². The van der Waals surface area contributed by atoms with Gasteiger partial charge in [0.1, 0.15) is 29.6 Å². The molecule has 0 radical (unpaired) electrons. The van der Waals surface area contributed by atoms with Gasteiger partial charge < -0.3 is 24.3 Å². The van der Waals surface area contributed by atoms with E-state index in [0.29, 0.717) is 40.2 Å². The van der Waals surface area contributed by atoms with Gasteiger partial charge in [-0.05, 0) is 53.9 Å². The fraction of sp³-hybridized carbons (Fsp3) is 0.261. The Hall–Kier alpha value is -3.25. The number of anilines is 1. The lowest BCUT2D eigenvalue weighted by Gasteiger charge is -2.11. The summed E-state index contributed by atoms with van der Waals surface area (Å²) in [5.41, 5.74) is 2.48. The van der Waals surface area contributed by atoms with E-state index < -0.39 is 0 Å². The number of hydrogen-bond acceptors (Lipinski definition) is 5.